The van der Waals surface area contributed by atoms with E-state index < -0.39 is 28.4 Å². The van der Waals surface area contributed by atoms with E-state index in [1.807, 2.05) is 0 Å². The van der Waals surface area contributed by atoms with E-state index in [4.69, 9.17) is 10.8 Å². The van der Waals surface area contributed by atoms with Crippen molar-refractivity contribution in [1.29, 1.82) is 0 Å². The van der Waals surface area contributed by atoms with E-state index in [9.17, 15) is 20.0 Å². The van der Waals surface area contributed by atoms with Crippen LogP contribution in [0.25, 0.3) is 0 Å². The number of carboxylic acid groups (broad SMARTS) is 1. The van der Waals surface area contributed by atoms with Crippen LogP contribution in [0.4, 0.5) is 5.69 Å². The van der Waals surface area contributed by atoms with Crippen LogP contribution in [0.3, 0.4) is 0 Å². The number of phenolic OH excluding ortho intramolecular Hbond substituents is 1. The van der Waals surface area contributed by atoms with Gasteiger partial charge in [-0.25, -0.2) is 0 Å². The molecule has 0 amide bonds. The van der Waals surface area contributed by atoms with Gasteiger partial charge in [0.2, 0.25) is 0 Å². The van der Waals surface area contributed by atoms with Gasteiger partial charge in [-0.2, -0.15) is 0 Å². The molecule has 1 atom stereocenters. The Balaban J connectivity index is 2.87. The first-order valence-electron chi connectivity index (χ1n) is 4.86. The third kappa shape index (κ3) is 3.42. The molecule has 0 aromatic heterocycles. The number of carboxylic acids is 1. The number of benzene rings is 1. The summed E-state index contributed by atoms with van der Waals surface area (Å²) in [5.74, 6) is -1.42. The summed E-state index contributed by atoms with van der Waals surface area (Å²) in [7, 11) is 0. The second-order valence-corrected chi connectivity index (χ2v) is 3.54. The van der Waals surface area contributed by atoms with E-state index in [2.05, 4.69) is 0 Å². The highest BCUT2D eigenvalue weighted by molar-refractivity contribution is 5.66. The predicted molar refractivity (Wildman–Crippen MR) is 58.6 cm³/mol. The molecule has 0 saturated carbocycles. The summed E-state index contributed by atoms with van der Waals surface area (Å²) < 4.78 is 0. The molecule has 1 rings (SSSR count). The van der Waals surface area contributed by atoms with Crippen LogP contribution in [-0.4, -0.2) is 21.1 Å². The molecule has 0 saturated heterocycles. The molecule has 0 aliphatic carbocycles. The second kappa shape index (κ2) is 5.26. The van der Waals surface area contributed by atoms with Crippen molar-refractivity contribution in [3.63, 3.8) is 0 Å². The normalized spacial score (nSPS) is 12.1. The SMILES string of the molecule is NC(CCC(=O)O)c1ccc(O)c([N+](=O)[O-])c1. The quantitative estimate of drug-likeness (QED) is 0.523. The molecule has 7 heteroatoms. The van der Waals surface area contributed by atoms with E-state index in [0.717, 1.165) is 6.07 Å². The van der Waals surface area contributed by atoms with Crippen molar-refractivity contribution in [2.75, 3.05) is 0 Å². The van der Waals surface area contributed by atoms with Gasteiger partial charge in [0, 0.05) is 18.5 Å². The zero-order chi connectivity index (χ0) is 13.0. The molecule has 1 aromatic rings. The molecular formula is C10H12N2O5. The zero-order valence-electron chi connectivity index (χ0n) is 8.87. The van der Waals surface area contributed by atoms with Crippen LogP contribution in [0.15, 0.2) is 18.2 Å². The van der Waals surface area contributed by atoms with Crippen LogP contribution in [0, 0.1) is 10.1 Å². The number of rotatable bonds is 5. The summed E-state index contributed by atoms with van der Waals surface area (Å²) in [5, 5.41) is 28.3. The number of aliphatic carboxylic acids is 1. The number of nitro benzene ring substituents is 1. The van der Waals surface area contributed by atoms with Gasteiger partial charge in [0.15, 0.2) is 5.75 Å². The van der Waals surface area contributed by atoms with Gasteiger partial charge in [-0.1, -0.05) is 6.07 Å². The third-order valence-corrected chi connectivity index (χ3v) is 2.29. The lowest BCUT2D eigenvalue weighted by Gasteiger charge is -2.10. The number of nitrogens with two attached hydrogens (primary N) is 1. The minimum absolute atomic E-state index is 0.115. The highest BCUT2D eigenvalue weighted by Gasteiger charge is 2.17. The molecule has 0 heterocycles. The Bertz CT molecular complexity index is 446. The molecule has 92 valence electrons. The van der Waals surface area contributed by atoms with E-state index in [1.165, 1.54) is 12.1 Å². The fourth-order valence-corrected chi connectivity index (χ4v) is 1.36. The number of hydrogen-bond donors (Lipinski definition) is 3. The van der Waals surface area contributed by atoms with Crippen LogP contribution < -0.4 is 5.73 Å². The Morgan fingerprint density at radius 1 is 1.53 bits per heavy atom. The van der Waals surface area contributed by atoms with Gasteiger partial charge in [-0.05, 0) is 18.1 Å². The minimum atomic E-state index is -0.978. The van der Waals surface area contributed by atoms with Gasteiger partial charge >= 0.3 is 11.7 Å². The minimum Gasteiger partial charge on any atom is -0.502 e. The summed E-state index contributed by atoms with van der Waals surface area (Å²) in [5.41, 5.74) is 5.68. The summed E-state index contributed by atoms with van der Waals surface area (Å²) >= 11 is 0. The van der Waals surface area contributed by atoms with E-state index >= 15 is 0 Å². The molecule has 0 bridgehead atoms. The maximum absolute atomic E-state index is 10.6. The maximum atomic E-state index is 10.6. The average molecular weight is 240 g/mol. The summed E-state index contributed by atoms with van der Waals surface area (Å²) in [6.45, 7) is 0. The smallest absolute Gasteiger partial charge is 0.311 e. The standard InChI is InChI=1S/C10H12N2O5/c11-7(2-4-10(14)15)6-1-3-9(13)8(5-6)12(16)17/h1,3,5,7,13H,2,4,11H2,(H,14,15). The Hall–Kier alpha value is -2.15. The molecule has 17 heavy (non-hydrogen) atoms. The third-order valence-electron chi connectivity index (χ3n) is 2.29. The molecule has 0 fully saturated rings. The topological polar surface area (TPSA) is 127 Å². The Morgan fingerprint density at radius 2 is 2.18 bits per heavy atom. The van der Waals surface area contributed by atoms with Crippen LogP contribution in [0.2, 0.25) is 0 Å². The van der Waals surface area contributed by atoms with Gasteiger partial charge in [-0.3, -0.25) is 14.9 Å². The second-order valence-electron chi connectivity index (χ2n) is 3.54. The van der Waals surface area contributed by atoms with Crippen molar-refractivity contribution in [2.24, 2.45) is 5.73 Å². The Morgan fingerprint density at radius 3 is 2.71 bits per heavy atom. The van der Waals surface area contributed by atoms with Crippen molar-refractivity contribution in [3.8, 4) is 5.75 Å². The van der Waals surface area contributed by atoms with Gasteiger partial charge in [0.05, 0.1) is 4.92 Å². The zero-order valence-corrected chi connectivity index (χ0v) is 8.87. The number of nitro groups is 1. The first-order valence-corrected chi connectivity index (χ1v) is 4.86. The monoisotopic (exact) mass is 240 g/mol. The first-order chi connectivity index (χ1) is 7.91. The van der Waals surface area contributed by atoms with Crippen LogP contribution in [0.1, 0.15) is 24.4 Å². The lowest BCUT2D eigenvalue weighted by Crippen LogP contribution is -2.12. The van der Waals surface area contributed by atoms with Crippen LogP contribution >= 0.6 is 0 Å². The van der Waals surface area contributed by atoms with Gasteiger partial charge < -0.3 is 15.9 Å². The Kier molecular flexibility index (Phi) is 4.00. The highest BCUT2D eigenvalue weighted by atomic mass is 16.6. The molecule has 1 aromatic carbocycles. The van der Waals surface area contributed by atoms with Crippen LogP contribution in [0.5, 0.6) is 5.75 Å². The number of hydrogen-bond acceptors (Lipinski definition) is 5. The first kappa shape index (κ1) is 12.9. The van der Waals surface area contributed by atoms with Crippen molar-refractivity contribution < 1.29 is 19.9 Å². The van der Waals surface area contributed by atoms with Crippen LogP contribution in [-0.2, 0) is 4.79 Å². The molecule has 0 aliphatic rings. The lowest BCUT2D eigenvalue weighted by molar-refractivity contribution is -0.385. The fraction of sp³-hybridized carbons (Fsp3) is 0.300. The van der Waals surface area contributed by atoms with Crippen molar-refractivity contribution in [1.82, 2.24) is 0 Å². The van der Waals surface area contributed by atoms with Gasteiger partial charge in [0.25, 0.3) is 0 Å². The fourth-order valence-electron chi connectivity index (χ4n) is 1.36. The average Bonchev–Trinajstić information content (AvgIpc) is 2.26. The molecule has 0 aliphatic heterocycles. The largest absolute Gasteiger partial charge is 0.502 e. The summed E-state index contributed by atoms with van der Waals surface area (Å²) in [6.07, 6.45) is 0.0626. The molecule has 0 radical (unpaired) electrons. The highest BCUT2D eigenvalue weighted by Crippen LogP contribution is 2.29. The molecule has 4 N–H and O–H groups in total. The van der Waals surface area contributed by atoms with Crippen molar-refractivity contribution in [3.05, 3.63) is 33.9 Å². The van der Waals surface area contributed by atoms with Gasteiger partial charge in [0.1, 0.15) is 0 Å². The molecule has 0 spiro atoms. The lowest BCUT2D eigenvalue weighted by atomic mass is 10.0. The number of carbonyl (C=O) groups is 1. The maximum Gasteiger partial charge on any atom is 0.311 e. The molecule has 1 unspecified atom stereocenters. The predicted octanol–water partition coefficient (Wildman–Crippen LogP) is 1.16. The Labute approximate surface area is 96.6 Å². The molecular weight excluding hydrogens is 228 g/mol. The summed E-state index contributed by atoms with van der Waals surface area (Å²) in [4.78, 5) is 20.2. The van der Waals surface area contributed by atoms with Crippen molar-refractivity contribution in [2.45, 2.75) is 18.9 Å². The number of nitrogens with zero attached hydrogens (tertiary/aromatic N) is 1. The van der Waals surface area contributed by atoms with E-state index in [1.54, 1.807) is 0 Å². The van der Waals surface area contributed by atoms with Gasteiger partial charge in [-0.15, -0.1) is 0 Å². The number of phenols is 1. The summed E-state index contributed by atoms with van der Waals surface area (Å²) in [6, 6.07) is 3.16. The van der Waals surface area contributed by atoms with E-state index in [0.29, 0.717) is 5.56 Å². The molecule has 7 nitrogen and oxygen atoms in total. The van der Waals surface area contributed by atoms with Crippen molar-refractivity contribution >= 4 is 11.7 Å². The number of aromatic hydroxyl groups is 1. The van der Waals surface area contributed by atoms with E-state index in [-0.39, 0.29) is 12.8 Å².